The molecular formula is C13H13ClN2O2. The number of pyridine rings is 1. The molecule has 0 amide bonds. The topological polar surface area (TPSA) is 57.4 Å². The van der Waals surface area contributed by atoms with E-state index in [0.717, 1.165) is 0 Å². The van der Waals surface area contributed by atoms with Gasteiger partial charge in [-0.1, -0.05) is 17.7 Å². The maximum atomic E-state index is 5.87. The summed E-state index contributed by atoms with van der Waals surface area (Å²) in [6.07, 6.45) is 0. The Hall–Kier alpha value is -1.94. The molecule has 0 saturated heterocycles. The molecular weight excluding hydrogens is 252 g/mol. The van der Waals surface area contributed by atoms with Gasteiger partial charge in [-0.3, -0.25) is 0 Å². The van der Waals surface area contributed by atoms with Crippen LogP contribution >= 0.6 is 11.6 Å². The number of nitrogens with zero attached hydrogens (tertiary/aromatic N) is 1. The monoisotopic (exact) mass is 264 g/mol. The number of ether oxygens (including phenoxy) is 2. The molecule has 0 unspecified atom stereocenters. The highest BCUT2D eigenvalue weighted by molar-refractivity contribution is 6.30. The molecule has 0 aliphatic carbocycles. The lowest BCUT2D eigenvalue weighted by Crippen LogP contribution is -2.00. The third-order valence-corrected chi connectivity index (χ3v) is 2.40. The Kier molecular flexibility index (Phi) is 3.89. The van der Waals surface area contributed by atoms with Crippen molar-refractivity contribution in [2.45, 2.75) is 6.92 Å². The molecule has 2 N–H and O–H groups in total. The highest BCUT2D eigenvalue weighted by atomic mass is 35.5. The number of halogens is 1. The second-order valence-corrected chi connectivity index (χ2v) is 3.97. The molecule has 1 heterocycles. The van der Waals surface area contributed by atoms with E-state index in [1.165, 1.54) is 0 Å². The van der Waals surface area contributed by atoms with Gasteiger partial charge < -0.3 is 15.2 Å². The number of anilines is 1. The Morgan fingerprint density at radius 2 is 2.11 bits per heavy atom. The molecule has 18 heavy (non-hydrogen) atoms. The van der Waals surface area contributed by atoms with E-state index in [1.807, 2.05) is 6.92 Å². The van der Waals surface area contributed by atoms with Crippen molar-refractivity contribution >= 4 is 17.3 Å². The van der Waals surface area contributed by atoms with Gasteiger partial charge in [-0.15, -0.1) is 0 Å². The summed E-state index contributed by atoms with van der Waals surface area (Å²) in [5.41, 5.74) is 6.21. The fraction of sp³-hybridized carbons (Fsp3) is 0.154. The maximum Gasteiger partial charge on any atom is 0.240 e. The summed E-state index contributed by atoms with van der Waals surface area (Å²) >= 11 is 5.87. The number of nitrogen functional groups attached to an aromatic ring is 1. The third kappa shape index (κ3) is 3.05. The number of hydrogen-bond donors (Lipinski definition) is 1. The van der Waals surface area contributed by atoms with E-state index < -0.39 is 0 Å². The van der Waals surface area contributed by atoms with Crippen molar-refractivity contribution in [3.63, 3.8) is 0 Å². The fourth-order valence-electron chi connectivity index (χ4n) is 1.39. The van der Waals surface area contributed by atoms with Gasteiger partial charge in [0.2, 0.25) is 11.8 Å². The molecule has 0 spiro atoms. The molecule has 94 valence electrons. The largest absolute Gasteiger partial charge is 0.476 e. The SMILES string of the molecule is CCOc1nc(Oc2cccc(Cl)c2)ccc1N. The van der Waals surface area contributed by atoms with Crippen LogP contribution in [0.25, 0.3) is 0 Å². The van der Waals surface area contributed by atoms with Crippen molar-refractivity contribution in [3.05, 3.63) is 41.4 Å². The van der Waals surface area contributed by atoms with Crippen LogP contribution < -0.4 is 15.2 Å². The van der Waals surface area contributed by atoms with E-state index in [2.05, 4.69) is 4.98 Å². The highest BCUT2D eigenvalue weighted by Gasteiger charge is 2.05. The third-order valence-electron chi connectivity index (χ3n) is 2.16. The van der Waals surface area contributed by atoms with Gasteiger partial charge in [-0.05, 0) is 31.2 Å². The number of rotatable bonds is 4. The second-order valence-electron chi connectivity index (χ2n) is 3.54. The first-order valence-electron chi connectivity index (χ1n) is 5.52. The number of nitrogens with two attached hydrogens (primary N) is 1. The zero-order valence-electron chi connectivity index (χ0n) is 9.89. The summed E-state index contributed by atoms with van der Waals surface area (Å²) in [7, 11) is 0. The van der Waals surface area contributed by atoms with Crippen molar-refractivity contribution in [1.82, 2.24) is 4.98 Å². The minimum atomic E-state index is 0.372. The van der Waals surface area contributed by atoms with Crippen LogP contribution in [0.5, 0.6) is 17.5 Å². The molecule has 0 saturated carbocycles. The van der Waals surface area contributed by atoms with Crippen LogP contribution in [-0.4, -0.2) is 11.6 Å². The van der Waals surface area contributed by atoms with Crippen molar-refractivity contribution in [3.8, 4) is 17.5 Å². The van der Waals surface area contributed by atoms with Gasteiger partial charge in [0.25, 0.3) is 0 Å². The summed E-state index contributed by atoms with van der Waals surface area (Å²) < 4.78 is 10.9. The summed E-state index contributed by atoms with van der Waals surface area (Å²) in [4.78, 5) is 4.17. The van der Waals surface area contributed by atoms with Crippen LogP contribution in [-0.2, 0) is 0 Å². The molecule has 0 aliphatic rings. The lowest BCUT2D eigenvalue weighted by atomic mass is 10.3. The second kappa shape index (κ2) is 5.60. The number of aromatic nitrogens is 1. The maximum absolute atomic E-state index is 5.87. The van der Waals surface area contributed by atoms with Crippen molar-refractivity contribution in [1.29, 1.82) is 0 Å². The first-order chi connectivity index (χ1) is 8.69. The van der Waals surface area contributed by atoms with E-state index in [-0.39, 0.29) is 0 Å². The van der Waals surface area contributed by atoms with Gasteiger partial charge in [-0.2, -0.15) is 4.98 Å². The van der Waals surface area contributed by atoms with Crippen molar-refractivity contribution in [2.75, 3.05) is 12.3 Å². The molecule has 5 heteroatoms. The Morgan fingerprint density at radius 1 is 1.28 bits per heavy atom. The number of benzene rings is 1. The average molecular weight is 265 g/mol. The van der Waals surface area contributed by atoms with Gasteiger partial charge in [0.1, 0.15) is 5.75 Å². The molecule has 4 nitrogen and oxygen atoms in total. The van der Waals surface area contributed by atoms with E-state index in [1.54, 1.807) is 36.4 Å². The first-order valence-corrected chi connectivity index (χ1v) is 5.89. The summed E-state index contributed by atoms with van der Waals surface area (Å²) in [5, 5.41) is 0.605. The van der Waals surface area contributed by atoms with Gasteiger partial charge in [-0.25, -0.2) is 0 Å². The zero-order valence-corrected chi connectivity index (χ0v) is 10.6. The Balaban J connectivity index is 2.21. The molecule has 0 radical (unpaired) electrons. The standard InChI is InChI=1S/C13H13ClN2O2/c1-2-17-13-11(15)6-7-12(16-13)18-10-5-3-4-9(14)8-10/h3-8H,2,15H2,1H3. The molecule has 2 aromatic rings. The first kappa shape index (κ1) is 12.5. The minimum Gasteiger partial charge on any atom is -0.476 e. The highest BCUT2D eigenvalue weighted by Crippen LogP contribution is 2.27. The van der Waals surface area contributed by atoms with Crippen LogP contribution in [0.3, 0.4) is 0 Å². The predicted octanol–water partition coefficient (Wildman–Crippen LogP) is 3.51. The Morgan fingerprint density at radius 3 is 2.83 bits per heavy atom. The molecule has 1 aromatic heterocycles. The van der Waals surface area contributed by atoms with Gasteiger partial charge in [0.15, 0.2) is 0 Å². The normalized spacial score (nSPS) is 10.1. The average Bonchev–Trinajstić information content (AvgIpc) is 2.34. The fourth-order valence-corrected chi connectivity index (χ4v) is 1.57. The smallest absolute Gasteiger partial charge is 0.240 e. The number of hydrogen-bond acceptors (Lipinski definition) is 4. The van der Waals surface area contributed by atoms with Gasteiger partial charge in [0.05, 0.1) is 12.3 Å². The van der Waals surface area contributed by atoms with Crippen LogP contribution in [0, 0.1) is 0 Å². The molecule has 0 fully saturated rings. The molecule has 2 rings (SSSR count). The summed E-state index contributed by atoms with van der Waals surface area (Å²) in [6, 6.07) is 10.5. The molecule has 0 aliphatic heterocycles. The van der Waals surface area contributed by atoms with E-state index in [9.17, 15) is 0 Å². The van der Waals surface area contributed by atoms with Crippen LogP contribution in [0.1, 0.15) is 6.92 Å². The Bertz CT molecular complexity index is 546. The quantitative estimate of drug-likeness (QED) is 0.918. The predicted molar refractivity (Wildman–Crippen MR) is 71.3 cm³/mol. The molecule has 1 aromatic carbocycles. The zero-order chi connectivity index (χ0) is 13.0. The van der Waals surface area contributed by atoms with Gasteiger partial charge >= 0.3 is 0 Å². The molecule has 0 atom stereocenters. The van der Waals surface area contributed by atoms with Crippen molar-refractivity contribution < 1.29 is 9.47 Å². The van der Waals surface area contributed by atoms with Crippen LogP contribution in [0.2, 0.25) is 5.02 Å². The minimum absolute atomic E-state index is 0.372. The Labute approximate surface area is 110 Å². The van der Waals surface area contributed by atoms with E-state index >= 15 is 0 Å². The lowest BCUT2D eigenvalue weighted by molar-refractivity contribution is 0.323. The van der Waals surface area contributed by atoms with Crippen molar-refractivity contribution in [2.24, 2.45) is 0 Å². The summed E-state index contributed by atoms with van der Waals surface area (Å²) in [6.45, 7) is 2.36. The lowest BCUT2D eigenvalue weighted by Gasteiger charge is -2.09. The molecule has 0 bridgehead atoms. The van der Waals surface area contributed by atoms with E-state index in [0.29, 0.717) is 34.8 Å². The van der Waals surface area contributed by atoms with Crippen LogP contribution in [0.15, 0.2) is 36.4 Å². The summed E-state index contributed by atoms with van der Waals surface area (Å²) in [5.74, 6) is 1.40. The van der Waals surface area contributed by atoms with Gasteiger partial charge in [0, 0.05) is 11.1 Å². The van der Waals surface area contributed by atoms with E-state index in [4.69, 9.17) is 26.8 Å². The van der Waals surface area contributed by atoms with Crippen LogP contribution in [0.4, 0.5) is 5.69 Å².